The summed E-state index contributed by atoms with van der Waals surface area (Å²) in [6.07, 6.45) is -8.87. The molecule has 7 heterocycles. The summed E-state index contributed by atoms with van der Waals surface area (Å²) in [5.74, 6) is -3.72. The lowest BCUT2D eigenvalue weighted by molar-refractivity contribution is -0.0490. The van der Waals surface area contributed by atoms with E-state index in [1.165, 1.54) is 10.7 Å². The second-order valence-corrected chi connectivity index (χ2v) is 17.0. The third-order valence-corrected chi connectivity index (χ3v) is 11.8. The molecule has 19 nitrogen and oxygen atoms in total. The zero-order chi connectivity index (χ0) is 34.0. The van der Waals surface area contributed by atoms with Crippen molar-refractivity contribution in [3.05, 3.63) is 34.9 Å². The van der Waals surface area contributed by atoms with Crippen LogP contribution in [0.15, 0.2) is 23.6 Å². The quantitative estimate of drug-likeness (QED) is 0.173. The second kappa shape index (κ2) is 10.9. The highest BCUT2D eigenvalue weighted by Gasteiger charge is 2.83. The zero-order valence-electron chi connectivity index (χ0n) is 23.8. The minimum Gasteiger partial charge on any atom is -0.381 e. The van der Waals surface area contributed by atoms with E-state index in [4.69, 9.17) is 62.6 Å². The molecule has 0 amide bonds. The van der Waals surface area contributed by atoms with Crippen LogP contribution in [0, 0.1) is 5.41 Å². The molecule has 1 spiro atoms. The van der Waals surface area contributed by atoms with E-state index in [0.717, 1.165) is 17.2 Å². The molecule has 2 bridgehead atoms. The number of fused-ring (bicyclic) bond motifs is 3. The topological polar surface area (TPSA) is 255 Å². The number of hydrogen-bond acceptors (Lipinski definition) is 16. The van der Waals surface area contributed by atoms with Crippen molar-refractivity contribution in [3.8, 4) is 0 Å². The van der Waals surface area contributed by atoms with Gasteiger partial charge in [-0.2, -0.15) is 10.1 Å². The van der Waals surface area contributed by atoms with Crippen LogP contribution in [0.3, 0.4) is 0 Å². The monoisotopic (exact) mass is 754 g/mol. The molecule has 1 aliphatic carbocycles. The Kier molecular flexibility index (Phi) is 7.36. The van der Waals surface area contributed by atoms with E-state index in [2.05, 4.69) is 30.0 Å². The number of ether oxygens (including phenoxy) is 2. The van der Waals surface area contributed by atoms with Gasteiger partial charge in [-0.05, 0) is 23.6 Å². The van der Waals surface area contributed by atoms with Crippen LogP contribution < -0.4 is 17.0 Å². The molecule has 48 heavy (non-hydrogen) atoms. The Morgan fingerprint density at radius 1 is 1.06 bits per heavy atom. The van der Waals surface area contributed by atoms with Gasteiger partial charge in [0.1, 0.15) is 30.7 Å². The third kappa shape index (κ3) is 5.01. The SMILES string of the molecule is Nc1nc2c(ncn2[C@@H]2O[C@@H]3COP(O)(=S)O[C@H]4[C@H](c5cnc6c(N)ncnn56)O[C@H](COP(O)(=S)O[C@H]3[C@H]2F)[C@@]42CC2(F)F)c(=O)[nH]1. The maximum atomic E-state index is 16.2. The van der Waals surface area contributed by atoms with Crippen molar-refractivity contribution in [3.63, 3.8) is 0 Å². The van der Waals surface area contributed by atoms with Crippen molar-refractivity contribution < 1.29 is 50.5 Å². The third-order valence-electron chi connectivity index (χ3n) is 8.67. The fraction of sp³-hybridized carbons (Fsp3) is 0.545. The smallest absolute Gasteiger partial charge is 0.325 e. The van der Waals surface area contributed by atoms with Gasteiger partial charge in [-0.15, -0.1) is 0 Å². The van der Waals surface area contributed by atoms with E-state index in [1.54, 1.807) is 0 Å². The van der Waals surface area contributed by atoms with Crippen LogP contribution >= 0.6 is 13.4 Å². The zero-order valence-corrected chi connectivity index (χ0v) is 27.2. The largest absolute Gasteiger partial charge is 0.381 e. The van der Waals surface area contributed by atoms with Gasteiger partial charge in [0.05, 0.1) is 43.0 Å². The number of nitrogen functional groups attached to an aromatic ring is 2. The fourth-order valence-corrected chi connectivity index (χ4v) is 9.28. The minimum atomic E-state index is -4.48. The molecule has 0 aromatic carbocycles. The van der Waals surface area contributed by atoms with E-state index in [0.29, 0.717) is 0 Å². The van der Waals surface area contributed by atoms with Crippen LogP contribution in [0.25, 0.3) is 16.8 Å². The molecule has 4 aromatic heterocycles. The average Bonchev–Trinajstić information content (AvgIpc) is 3.49. The number of aromatic amines is 1. The normalized spacial score (nSPS) is 39.6. The molecule has 1 saturated carbocycles. The summed E-state index contributed by atoms with van der Waals surface area (Å²) in [5.41, 5.74) is 8.59. The molecular weight excluding hydrogens is 731 g/mol. The number of rotatable bonds is 2. The van der Waals surface area contributed by atoms with E-state index in [-0.39, 0.29) is 34.3 Å². The summed E-state index contributed by atoms with van der Waals surface area (Å²) in [5, 5.41) is 4.09. The second-order valence-electron chi connectivity index (χ2n) is 11.4. The van der Waals surface area contributed by atoms with Gasteiger partial charge < -0.3 is 44.3 Å². The van der Waals surface area contributed by atoms with Crippen molar-refractivity contribution in [2.45, 2.75) is 55.3 Å². The molecular formula is C22H23F3N10O9P2S2. The van der Waals surface area contributed by atoms with Crippen LogP contribution in [-0.4, -0.2) is 98.6 Å². The van der Waals surface area contributed by atoms with E-state index in [9.17, 15) is 14.6 Å². The van der Waals surface area contributed by atoms with Gasteiger partial charge in [-0.3, -0.25) is 18.9 Å². The maximum absolute atomic E-state index is 16.2. The molecule has 8 rings (SSSR count). The number of nitrogens with one attached hydrogen (secondary N) is 1. The van der Waals surface area contributed by atoms with Gasteiger partial charge in [0.2, 0.25) is 5.95 Å². The summed E-state index contributed by atoms with van der Waals surface area (Å²) in [7, 11) is 0. The van der Waals surface area contributed by atoms with Crippen LogP contribution in [0.4, 0.5) is 24.9 Å². The average molecular weight is 755 g/mol. The molecule has 2 unspecified atom stereocenters. The molecule has 4 aliphatic rings. The number of imidazole rings is 2. The lowest BCUT2D eigenvalue weighted by Crippen LogP contribution is -2.36. The summed E-state index contributed by atoms with van der Waals surface area (Å²) in [6.45, 7) is -10.4. The molecule has 4 fully saturated rings. The van der Waals surface area contributed by atoms with Gasteiger partial charge in [-0.1, -0.05) is 0 Å². The molecule has 4 aromatic rings. The summed E-state index contributed by atoms with van der Waals surface area (Å²) in [4.78, 5) is 52.8. The van der Waals surface area contributed by atoms with Gasteiger partial charge in [-0.25, -0.2) is 32.6 Å². The predicted octanol–water partition coefficient (Wildman–Crippen LogP) is 0.373. The Bertz CT molecular complexity index is 2130. The number of nitrogens with zero attached hydrogens (tertiary/aromatic N) is 7. The number of hydrogen-bond donors (Lipinski definition) is 5. The first-order chi connectivity index (χ1) is 22.6. The number of aromatic nitrogens is 8. The van der Waals surface area contributed by atoms with Crippen molar-refractivity contribution in [2.75, 3.05) is 24.7 Å². The first-order valence-corrected chi connectivity index (χ1v) is 19.1. The Hall–Kier alpha value is -2.73. The number of alkyl halides is 3. The van der Waals surface area contributed by atoms with E-state index in [1.807, 2.05) is 0 Å². The molecule has 26 heteroatoms. The highest BCUT2D eigenvalue weighted by atomic mass is 32.5. The van der Waals surface area contributed by atoms with E-state index >= 15 is 13.2 Å². The fourth-order valence-electron chi connectivity index (χ4n) is 6.41. The number of halogens is 3. The van der Waals surface area contributed by atoms with Crippen molar-refractivity contribution in [1.29, 1.82) is 0 Å². The van der Waals surface area contributed by atoms with Gasteiger partial charge >= 0.3 is 13.4 Å². The van der Waals surface area contributed by atoms with Crippen LogP contribution in [0.5, 0.6) is 0 Å². The highest BCUT2D eigenvalue weighted by molar-refractivity contribution is 8.07. The van der Waals surface area contributed by atoms with E-state index < -0.39 is 92.9 Å². The predicted molar refractivity (Wildman–Crippen MR) is 161 cm³/mol. The van der Waals surface area contributed by atoms with Gasteiger partial charge in [0, 0.05) is 6.42 Å². The Balaban J connectivity index is 1.15. The van der Waals surface area contributed by atoms with Crippen molar-refractivity contribution in [2.24, 2.45) is 5.41 Å². The molecule has 3 saturated heterocycles. The molecule has 7 N–H and O–H groups in total. The van der Waals surface area contributed by atoms with Crippen LogP contribution in [0.2, 0.25) is 0 Å². The standard InChI is InChI=1S/C22H23F3N10O9P2S2/c23-10-13-8(41-19(10)34-6-30-11-16(34)32-20(27)33-18(11)36)2-39-46(38,48)44-14-12(7-1-28-17-15(26)29-5-31-35(7)17)42-9(3-40-45(37,47)43-13)21(14)4-22(21,24)25/h1,5-6,8-10,12-14,19H,2-4H2,(H,37,47)(H,38,48)(H2,26,29,31)(H3,27,32,33,36)/t8-,9-,10-,12+,13-,14+,19-,21+,45?,46?/m1/s1. The minimum absolute atomic E-state index is 0.0146. The van der Waals surface area contributed by atoms with Gasteiger partial charge in [0.15, 0.2) is 35.0 Å². The number of nitrogens with two attached hydrogens (primary N) is 2. The Morgan fingerprint density at radius 2 is 1.79 bits per heavy atom. The van der Waals surface area contributed by atoms with Crippen LogP contribution in [-0.2, 0) is 51.2 Å². The van der Waals surface area contributed by atoms with Crippen molar-refractivity contribution in [1.82, 2.24) is 39.1 Å². The summed E-state index contributed by atoms with van der Waals surface area (Å²) in [6, 6.07) is 0. The molecule has 258 valence electrons. The Labute approximate surface area is 275 Å². The van der Waals surface area contributed by atoms with Crippen molar-refractivity contribution >= 4 is 65.6 Å². The first-order valence-electron chi connectivity index (χ1n) is 13.9. The number of H-pyrrole nitrogens is 1. The summed E-state index contributed by atoms with van der Waals surface area (Å²) < 4.78 is 83.5. The maximum Gasteiger partial charge on any atom is 0.325 e. The number of anilines is 2. The molecule has 3 aliphatic heterocycles. The highest BCUT2D eigenvalue weighted by Crippen LogP contribution is 2.73. The lowest BCUT2D eigenvalue weighted by Gasteiger charge is -2.28. The molecule has 10 atom stereocenters. The summed E-state index contributed by atoms with van der Waals surface area (Å²) >= 11 is 10.4. The lowest BCUT2D eigenvalue weighted by atomic mass is 9.91. The Morgan fingerprint density at radius 3 is 2.54 bits per heavy atom. The van der Waals surface area contributed by atoms with Crippen LogP contribution in [0.1, 0.15) is 24.4 Å². The first kappa shape index (κ1) is 32.5. The molecule has 0 radical (unpaired) electrons. The van der Waals surface area contributed by atoms with Gasteiger partial charge in [0.25, 0.3) is 11.5 Å².